The fourth-order valence-electron chi connectivity index (χ4n) is 3.61. The molecule has 0 saturated carbocycles. The monoisotopic (exact) mass is 352 g/mol. The molecule has 3 rings (SSSR count). The molecule has 1 aliphatic heterocycles. The van der Waals surface area contributed by atoms with Gasteiger partial charge in [0.1, 0.15) is 6.10 Å². The molecule has 1 saturated heterocycles. The normalized spacial score (nSPS) is 19.5. The van der Waals surface area contributed by atoms with Crippen LogP contribution >= 0.6 is 0 Å². The molecule has 0 radical (unpaired) electrons. The topological polar surface area (TPSA) is 50.4 Å². The summed E-state index contributed by atoms with van der Waals surface area (Å²) in [6.45, 7) is 3.48. The molecule has 4 nitrogen and oxygen atoms in total. The second kappa shape index (κ2) is 9.39. The van der Waals surface area contributed by atoms with Crippen molar-refractivity contribution in [2.24, 2.45) is 0 Å². The maximum absolute atomic E-state index is 11.9. The van der Waals surface area contributed by atoms with Gasteiger partial charge in [-0.25, -0.2) is 4.79 Å². The summed E-state index contributed by atoms with van der Waals surface area (Å²) in [5, 5.41) is 6.40. The van der Waals surface area contributed by atoms with E-state index in [0.717, 1.165) is 19.3 Å². The zero-order valence-corrected chi connectivity index (χ0v) is 15.4. The van der Waals surface area contributed by atoms with Crippen LogP contribution in [0.15, 0.2) is 60.7 Å². The van der Waals surface area contributed by atoms with E-state index >= 15 is 0 Å². The second-order valence-corrected chi connectivity index (χ2v) is 6.86. The molecule has 1 amide bonds. The van der Waals surface area contributed by atoms with Gasteiger partial charge in [-0.2, -0.15) is 0 Å². The minimum atomic E-state index is -0.304. The molecule has 0 aliphatic carbocycles. The van der Waals surface area contributed by atoms with Gasteiger partial charge in [0.2, 0.25) is 0 Å². The van der Waals surface area contributed by atoms with Crippen molar-refractivity contribution in [2.45, 2.75) is 44.2 Å². The van der Waals surface area contributed by atoms with Crippen LogP contribution in [0.1, 0.15) is 43.2 Å². The van der Waals surface area contributed by atoms with Crippen molar-refractivity contribution in [1.82, 2.24) is 10.6 Å². The summed E-state index contributed by atoms with van der Waals surface area (Å²) < 4.78 is 5.60. The first-order chi connectivity index (χ1) is 12.8. The first-order valence-corrected chi connectivity index (χ1v) is 9.55. The summed E-state index contributed by atoms with van der Waals surface area (Å²) in [4.78, 5) is 11.9. The lowest BCUT2D eigenvalue weighted by molar-refractivity contribution is 0.106. The third-order valence-corrected chi connectivity index (χ3v) is 4.92. The lowest BCUT2D eigenvalue weighted by Crippen LogP contribution is -2.30. The number of carbonyl (C=O) groups is 1. The number of hydrogen-bond donors (Lipinski definition) is 2. The lowest BCUT2D eigenvalue weighted by Gasteiger charge is -2.25. The van der Waals surface area contributed by atoms with Gasteiger partial charge in [-0.3, -0.25) is 0 Å². The number of hydrogen-bond acceptors (Lipinski definition) is 3. The van der Waals surface area contributed by atoms with Gasteiger partial charge in [-0.05, 0) is 17.5 Å². The van der Waals surface area contributed by atoms with Gasteiger partial charge < -0.3 is 15.4 Å². The molecule has 138 valence electrons. The van der Waals surface area contributed by atoms with E-state index < -0.39 is 0 Å². The number of carbonyl (C=O) groups excluding carboxylic acids is 1. The first kappa shape index (κ1) is 18.5. The molecule has 0 aromatic heterocycles. The Bertz CT molecular complexity index is 636. The Morgan fingerprint density at radius 2 is 1.73 bits per heavy atom. The van der Waals surface area contributed by atoms with Crippen LogP contribution in [0.3, 0.4) is 0 Å². The zero-order valence-electron chi connectivity index (χ0n) is 15.4. The Morgan fingerprint density at radius 1 is 1.12 bits per heavy atom. The number of alkyl carbamates (subject to hydrolysis) is 1. The molecule has 0 spiro atoms. The van der Waals surface area contributed by atoms with Crippen LogP contribution in [-0.4, -0.2) is 31.3 Å². The Kier molecular flexibility index (Phi) is 6.67. The van der Waals surface area contributed by atoms with Gasteiger partial charge in [-0.15, -0.1) is 0 Å². The van der Waals surface area contributed by atoms with Crippen LogP contribution in [0.2, 0.25) is 0 Å². The van der Waals surface area contributed by atoms with Crippen molar-refractivity contribution >= 4 is 6.09 Å². The molecular formula is C22H28N2O2. The highest BCUT2D eigenvalue weighted by atomic mass is 16.6. The highest BCUT2D eigenvalue weighted by Gasteiger charge is 2.34. The number of benzene rings is 2. The van der Waals surface area contributed by atoms with Crippen molar-refractivity contribution in [3.63, 3.8) is 0 Å². The third-order valence-electron chi connectivity index (χ3n) is 4.92. The summed E-state index contributed by atoms with van der Waals surface area (Å²) in [6, 6.07) is 21.3. The minimum absolute atomic E-state index is 0.0865. The summed E-state index contributed by atoms with van der Waals surface area (Å²) in [6.07, 6.45) is 2.46. The average Bonchev–Trinajstić information content (AvgIpc) is 3.12. The van der Waals surface area contributed by atoms with Crippen LogP contribution in [0.4, 0.5) is 4.79 Å². The maximum Gasteiger partial charge on any atom is 0.407 e. The van der Waals surface area contributed by atoms with Gasteiger partial charge in [0.15, 0.2) is 0 Å². The average molecular weight is 352 g/mol. The summed E-state index contributed by atoms with van der Waals surface area (Å²) >= 11 is 0. The molecule has 26 heavy (non-hydrogen) atoms. The van der Waals surface area contributed by atoms with E-state index in [1.807, 2.05) is 12.1 Å². The van der Waals surface area contributed by atoms with Crippen molar-refractivity contribution in [3.05, 3.63) is 71.8 Å². The van der Waals surface area contributed by atoms with Gasteiger partial charge in [0.25, 0.3) is 0 Å². The lowest BCUT2D eigenvalue weighted by atomic mass is 9.84. The predicted molar refractivity (Wildman–Crippen MR) is 104 cm³/mol. The Hall–Kier alpha value is -2.33. The Labute approximate surface area is 156 Å². The van der Waals surface area contributed by atoms with Crippen LogP contribution in [0.25, 0.3) is 0 Å². The second-order valence-electron chi connectivity index (χ2n) is 6.86. The Balaban J connectivity index is 1.66. The van der Waals surface area contributed by atoms with Crippen molar-refractivity contribution in [2.75, 3.05) is 13.1 Å². The Morgan fingerprint density at radius 3 is 2.31 bits per heavy atom. The molecule has 1 aliphatic rings. The van der Waals surface area contributed by atoms with E-state index in [0.29, 0.717) is 13.1 Å². The van der Waals surface area contributed by atoms with Crippen LogP contribution in [-0.2, 0) is 4.74 Å². The van der Waals surface area contributed by atoms with Gasteiger partial charge in [-0.1, -0.05) is 74.0 Å². The fourth-order valence-corrected chi connectivity index (χ4v) is 3.61. The standard InChI is InChI=1S/C22H28N2O2/c1-2-3-14-23-22(25)26-19-15-20(24-16-19)21(17-10-6-4-7-11-17)18-12-8-5-9-13-18/h4-13,19-21,24H,2-3,14-16H2,1H3,(H,23,25)/t19-,20?/m0/s1. The van der Waals surface area contributed by atoms with E-state index in [1.54, 1.807) is 0 Å². The van der Waals surface area contributed by atoms with Crippen molar-refractivity contribution in [3.8, 4) is 0 Å². The molecular weight excluding hydrogens is 324 g/mol. The zero-order chi connectivity index (χ0) is 18.2. The third kappa shape index (κ3) is 4.85. The molecule has 2 atom stereocenters. The smallest absolute Gasteiger partial charge is 0.407 e. The van der Waals surface area contributed by atoms with Gasteiger partial charge in [0, 0.05) is 31.5 Å². The van der Waals surface area contributed by atoms with Crippen LogP contribution in [0, 0.1) is 0 Å². The van der Waals surface area contributed by atoms with Crippen molar-refractivity contribution in [1.29, 1.82) is 0 Å². The highest BCUT2D eigenvalue weighted by Crippen LogP contribution is 2.32. The molecule has 2 aromatic rings. The van der Waals surface area contributed by atoms with Crippen LogP contribution < -0.4 is 10.6 Å². The maximum atomic E-state index is 11.9. The number of ether oxygens (including phenoxy) is 1. The molecule has 1 unspecified atom stereocenters. The van der Waals surface area contributed by atoms with E-state index in [1.165, 1.54) is 11.1 Å². The predicted octanol–water partition coefficient (Wildman–Crippen LogP) is 4.08. The number of rotatable bonds is 7. The molecule has 4 heteroatoms. The summed E-state index contributed by atoms with van der Waals surface area (Å²) in [5.74, 6) is 0.245. The van der Waals surface area contributed by atoms with E-state index in [4.69, 9.17) is 4.74 Å². The van der Waals surface area contributed by atoms with Crippen LogP contribution in [0.5, 0.6) is 0 Å². The number of amides is 1. The molecule has 1 heterocycles. The SMILES string of the molecule is CCCCNC(=O)O[C@@H]1CNC(C(c2ccccc2)c2ccccc2)C1. The summed E-state index contributed by atoms with van der Waals surface area (Å²) in [5.41, 5.74) is 2.56. The highest BCUT2D eigenvalue weighted by molar-refractivity contribution is 5.67. The number of unbranched alkanes of at least 4 members (excludes halogenated alkanes) is 1. The molecule has 2 N–H and O–H groups in total. The first-order valence-electron chi connectivity index (χ1n) is 9.55. The number of nitrogens with one attached hydrogen (secondary N) is 2. The van der Waals surface area contributed by atoms with Crippen molar-refractivity contribution < 1.29 is 9.53 Å². The molecule has 0 bridgehead atoms. The van der Waals surface area contributed by atoms with E-state index in [-0.39, 0.29) is 24.2 Å². The molecule has 1 fully saturated rings. The largest absolute Gasteiger partial charge is 0.445 e. The van der Waals surface area contributed by atoms with Gasteiger partial charge >= 0.3 is 6.09 Å². The van der Waals surface area contributed by atoms with E-state index in [9.17, 15) is 4.79 Å². The minimum Gasteiger partial charge on any atom is -0.445 e. The van der Waals surface area contributed by atoms with E-state index in [2.05, 4.69) is 66.1 Å². The van der Waals surface area contributed by atoms with Gasteiger partial charge in [0.05, 0.1) is 0 Å². The fraction of sp³-hybridized carbons (Fsp3) is 0.409. The quantitative estimate of drug-likeness (QED) is 0.739. The molecule has 2 aromatic carbocycles. The summed E-state index contributed by atoms with van der Waals surface area (Å²) in [7, 11) is 0.